The number of carbonyl (C=O) groups is 2. The van der Waals surface area contributed by atoms with Gasteiger partial charge in [-0.1, -0.05) is 26.0 Å². The lowest BCUT2D eigenvalue weighted by Crippen LogP contribution is -2.39. The van der Waals surface area contributed by atoms with Crippen molar-refractivity contribution in [2.45, 2.75) is 71.4 Å². The predicted octanol–water partition coefficient (Wildman–Crippen LogP) is 4.36. The molecule has 2 aromatic rings. The molecule has 0 radical (unpaired) electrons. The van der Waals surface area contributed by atoms with E-state index in [-0.39, 0.29) is 24.6 Å². The van der Waals surface area contributed by atoms with Crippen LogP contribution in [0.4, 0.5) is 24.8 Å². The summed E-state index contributed by atoms with van der Waals surface area (Å²) < 4.78 is 69.8. The van der Waals surface area contributed by atoms with Gasteiger partial charge in [-0.15, -0.1) is 0 Å². The minimum absolute atomic E-state index is 0.154. The number of aromatic nitrogens is 2. The number of nitriles is 1. The molecule has 12 nitrogen and oxygen atoms in total. The van der Waals surface area contributed by atoms with Crippen molar-refractivity contribution in [3.63, 3.8) is 0 Å². The molecule has 0 saturated carbocycles. The second kappa shape index (κ2) is 20.4. The van der Waals surface area contributed by atoms with Gasteiger partial charge < -0.3 is 20.4 Å². The van der Waals surface area contributed by atoms with E-state index in [0.717, 1.165) is 37.7 Å². The van der Waals surface area contributed by atoms with Gasteiger partial charge in [0.25, 0.3) is 10.1 Å². The molecule has 2 aliphatic heterocycles. The molecule has 3 heterocycles. The van der Waals surface area contributed by atoms with Crippen molar-refractivity contribution in [1.82, 2.24) is 20.6 Å². The number of benzene rings is 1. The van der Waals surface area contributed by atoms with Gasteiger partial charge in [0.2, 0.25) is 18.1 Å². The van der Waals surface area contributed by atoms with Gasteiger partial charge in [0.1, 0.15) is 11.6 Å². The quantitative estimate of drug-likeness (QED) is 0.147. The van der Waals surface area contributed by atoms with Crippen LogP contribution in [-0.4, -0.2) is 80.3 Å². The highest BCUT2D eigenvalue weighted by Crippen LogP contribution is 2.33. The number of rotatable bonds is 14. The molecule has 4 rings (SSSR count). The highest BCUT2D eigenvalue weighted by Gasteiger charge is 2.37. The maximum Gasteiger partial charge on any atom is 0.451 e. The van der Waals surface area contributed by atoms with Gasteiger partial charge >= 0.3 is 6.18 Å². The normalized spacial score (nSPS) is 14.7. The van der Waals surface area contributed by atoms with E-state index in [1.807, 2.05) is 41.8 Å². The highest BCUT2D eigenvalue weighted by atomic mass is 32.2. The summed E-state index contributed by atoms with van der Waals surface area (Å²) in [6.45, 7) is 7.42. The SMILES string of the molecule is CC.N#Cc1ccc(CCNC=O)cc1.O=C(CCCC1CCN(c2cc(N3CCC3)nc(C(F)(F)F)n2)CC1)NCCCS(=O)(=O)O. The Bertz CT molecular complexity index is 1430. The third kappa shape index (κ3) is 14.8. The van der Waals surface area contributed by atoms with E-state index in [2.05, 4.69) is 20.6 Å². The number of nitrogens with zero attached hydrogens (tertiary/aromatic N) is 5. The van der Waals surface area contributed by atoms with Crippen molar-refractivity contribution in [2.75, 3.05) is 54.8 Å². The molecule has 0 spiro atoms. The average Bonchev–Trinajstić information content (AvgIpc) is 3.03. The van der Waals surface area contributed by atoms with Crippen molar-refractivity contribution in [1.29, 1.82) is 5.26 Å². The summed E-state index contributed by atoms with van der Waals surface area (Å²) in [6, 6.07) is 11.0. The molecular weight excluding hydrogens is 651 g/mol. The van der Waals surface area contributed by atoms with Crippen LogP contribution in [0.2, 0.25) is 0 Å². The van der Waals surface area contributed by atoms with Gasteiger partial charge in [0.15, 0.2) is 0 Å². The third-order valence-electron chi connectivity index (χ3n) is 7.71. The molecule has 16 heteroatoms. The molecule has 2 aliphatic rings. The Morgan fingerprint density at radius 1 is 1.04 bits per heavy atom. The Kier molecular flexibility index (Phi) is 17.1. The van der Waals surface area contributed by atoms with E-state index in [4.69, 9.17) is 9.81 Å². The third-order valence-corrected chi connectivity index (χ3v) is 8.52. The van der Waals surface area contributed by atoms with Crippen LogP contribution >= 0.6 is 0 Å². The van der Waals surface area contributed by atoms with E-state index >= 15 is 0 Å². The summed E-state index contributed by atoms with van der Waals surface area (Å²) in [5.74, 6) is -0.645. The van der Waals surface area contributed by atoms with Crippen LogP contribution < -0.4 is 20.4 Å². The summed E-state index contributed by atoms with van der Waals surface area (Å²) in [5, 5.41) is 13.7. The number of hydrogen-bond acceptors (Lipinski definition) is 9. The van der Waals surface area contributed by atoms with E-state index in [0.29, 0.717) is 75.1 Å². The number of hydrogen-bond donors (Lipinski definition) is 3. The fourth-order valence-electron chi connectivity index (χ4n) is 5.01. The van der Waals surface area contributed by atoms with Crippen LogP contribution in [0.5, 0.6) is 0 Å². The van der Waals surface area contributed by atoms with Gasteiger partial charge in [-0.3, -0.25) is 14.1 Å². The van der Waals surface area contributed by atoms with Crippen LogP contribution in [0.25, 0.3) is 0 Å². The first-order valence-electron chi connectivity index (χ1n) is 16.2. The first kappa shape index (κ1) is 40.2. The molecule has 2 amide bonds. The predicted molar refractivity (Wildman–Crippen MR) is 177 cm³/mol. The largest absolute Gasteiger partial charge is 0.451 e. The first-order chi connectivity index (χ1) is 22.9. The molecule has 3 N–H and O–H groups in total. The molecule has 0 bridgehead atoms. The topological polar surface area (TPSA) is 169 Å². The van der Waals surface area contributed by atoms with Gasteiger partial charge in [0.05, 0.1) is 17.4 Å². The molecule has 0 unspecified atom stereocenters. The zero-order chi connectivity index (χ0) is 35.6. The van der Waals surface area contributed by atoms with Crippen molar-refractivity contribution < 1.29 is 35.7 Å². The summed E-state index contributed by atoms with van der Waals surface area (Å²) in [7, 11) is -4.01. The van der Waals surface area contributed by atoms with Crippen LogP contribution in [0, 0.1) is 17.2 Å². The van der Waals surface area contributed by atoms with Crippen LogP contribution in [0.1, 0.15) is 75.7 Å². The van der Waals surface area contributed by atoms with Crippen molar-refractivity contribution >= 4 is 34.1 Å². The molecule has 2 saturated heterocycles. The lowest BCUT2D eigenvalue weighted by atomic mass is 9.91. The number of alkyl halides is 3. The molecule has 0 atom stereocenters. The summed E-state index contributed by atoms with van der Waals surface area (Å²) in [5.41, 5.74) is 1.78. The highest BCUT2D eigenvalue weighted by molar-refractivity contribution is 7.85. The second-order valence-electron chi connectivity index (χ2n) is 11.2. The number of amides is 2. The van der Waals surface area contributed by atoms with Gasteiger partial charge in [-0.05, 0) is 68.6 Å². The first-order valence-corrected chi connectivity index (χ1v) is 17.8. The fourth-order valence-corrected chi connectivity index (χ4v) is 5.52. The van der Waals surface area contributed by atoms with Gasteiger partial charge in [0, 0.05) is 51.8 Å². The molecule has 266 valence electrons. The standard InChI is InChI=1S/C20H30F3N5O4S.C10H10N2O.C2H6/c21-20(22,23)19-25-16(27-9-3-10-27)14-17(26-19)28-11-6-15(7-12-28)4-1-5-18(29)24-8-2-13-33(30,31)32;11-7-10-3-1-9(2-4-10)5-6-12-8-13;1-2/h14-15H,1-13H2,(H,24,29)(H,30,31,32);1-4,8H,5-6H2,(H,12,13);1-2H3. The summed E-state index contributed by atoms with van der Waals surface area (Å²) in [6.07, 6.45) is 1.43. The van der Waals surface area contributed by atoms with Gasteiger partial charge in [-0.2, -0.15) is 26.9 Å². The van der Waals surface area contributed by atoms with E-state index in [9.17, 15) is 31.2 Å². The van der Waals surface area contributed by atoms with Crippen molar-refractivity contribution in [2.24, 2.45) is 5.92 Å². The maximum absolute atomic E-state index is 13.3. The number of anilines is 2. The lowest BCUT2D eigenvalue weighted by Gasteiger charge is -2.35. The average molecular weight is 698 g/mol. The van der Waals surface area contributed by atoms with Crippen LogP contribution in [0.15, 0.2) is 30.3 Å². The van der Waals surface area contributed by atoms with Crippen LogP contribution in [0.3, 0.4) is 0 Å². The second-order valence-corrected chi connectivity index (χ2v) is 12.8. The van der Waals surface area contributed by atoms with E-state index in [1.165, 1.54) is 0 Å². The monoisotopic (exact) mass is 697 g/mol. The Morgan fingerprint density at radius 2 is 1.65 bits per heavy atom. The van der Waals surface area contributed by atoms with Gasteiger partial charge in [-0.25, -0.2) is 9.97 Å². The maximum atomic E-state index is 13.3. The Balaban J connectivity index is 0.000000445. The van der Waals surface area contributed by atoms with E-state index < -0.39 is 22.1 Å². The molecule has 1 aromatic carbocycles. The molecule has 48 heavy (non-hydrogen) atoms. The molecule has 0 aliphatic carbocycles. The van der Waals surface area contributed by atoms with Crippen molar-refractivity contribution in [3.8, 4) is 6.07 Å². The minimum Gasteiger partial charge on any atom is -0.358 e. The number of piperidine rings is 1. The smallest absolute Gasteiger partial charge is 0.358 e. The molecular formula is C32H46F3N7O5S. The van der Waals surface area contributed by atoms with Crippen molar-refractivity contribution in [3.05, 3.63) is 47.3 Å². The Hall–Kier alpha value is -3.97. The minimum atomic E-state index is -4.60. The van der Waals surface area contributed by atoms with Crippen LogP contribution in [-0.2, 0) is 32.3 Å². The van der Waals surface area contributed by atoms with E-state index in [1.54, 1.807) is 18.2 Å². The number of halogens is 3. The fraction of sp³-hybridized carbons (Fsp3) is 0.594. The summed E-state index contributed by atoms with van der Waals surface area (Å²) >= 11 is 0. The summed E-state index contributed by atoms with van der Waals surface area (Å²) in [4.78, 5) is 33.0. The Labute approximate surface area is 280 Å². The Morgan fingerprint density at radius 3 is 2.15 bits per heavy atom. The zero-order valence-corrected chi connectivity index (χ0v) is 28.3. The molecule has 1 aromatic heterocycles. The molecule has 2 fully saturated rings. The zero-order valence-electron chi connectivity index (χ0n) is 27.5. The number of nitrogens with one attached hydrogen (secondary N) is 2. The number of carbonyl (C=O) groups excluding carboxylic acids is 2. The lowest BCUT2D eigenvalue weighted by molar-refractivity contribution is -0.144.